The van der Waals surface area contributed by atoms with Crippen molar-refractivity contribution in [3.63, 3.8) is 0 Å². The van der Waals surface area contributed by atoms with E-state index < -0.39 is 0 Å². The molecule has 4 nitrogen and oxygen atoms in total. The summed E-state index contributed by atoms with van der Waals surface area (Å²) in [6.07, 6.45) is 0.905. The molecule has 1 aliphatic rings. The largest absolute Gasteiger partial charge is 0.383 e. The molecule has 0 radical (unpaired) electrons. The molecule has 21 heavy (non-hydrogen) atoms. The average molecular weight is 302 g/mol. The van der Waals surface area contributed by atoms with E-state index >= 15 is 0 Å². The first kappa shape index (κ1) is 13.8. The average Bonchev–Trinajstić information content (AvgIpc) is 2.72. The van der Waals surface area contributed by atoms with Crippen LogP contribution in [0, 0.1) is 0 Å². The highest BCUT2D eigenvalue weighted by molar-refractivity contribution is 6.30. The fraction of sp³-hybridized carbons (Fsp3) is 0.188. The van der Waals surface area contributed by atoms with E-state index in [4.69, 9.17) is 11.6 Å². The highest BCUT2D eigenvalue weighted by Crippen LogP contribution is 2.28. The zero-order valence-electron chi connectivity index (χ0n) is 11.5. The van der Waals surface area contributed by atoms with Gasteiger partial charge in [-0.3, -0.25) is 4.90 Å². The maximum Gasteiger partial charge on any atom is 0.326 e. The quantitative estimate of drug-likeness (QED) is 0.829. The summed E-state index contributed by atoms with van der Waals surface area (Å²) in [6, 6.07) is 14.8. The van der Waals surface area contributed by atoms with Crippen LogP contribution in [-0.2, 0) is 0 Å². The second-order valence-electron chi connectivity index (χ2n) is 4.89. The van der Waals surface area contributed by atoms with Crippen LogP contribution in [0.2, 0.25) is 5.02 Å². The number of fused-ring (bicyclic) bond motifs is 1. The summed E-state index contributed by atoms with van der Waals surface area (Å²) in [5.74, 6) is 0. The van der Waals surface area contributed by atoms with Gasteiger partial charge in [0, 0.05) is 23.8 Å². The number of halogens is 1. The first-order valence-corrected chi connectivity index (χ1v) is 7.29. The van der Waals surface area contributed by atoms with E-state index in [9.17, 15) is 4.79 Å². The summed E-state index contributed by atoms with van der Waals surface area (Å²) >= 11 is 5.85. The number of para-hydroxylation sites is 2. The van der Waals surface area contributed by atoms with Gasteiger partial charge in [-0.15, -0.1) is 0 Å². The molecule has 0 aliphatic carbocycles. The minimum Gasteiger partial charge on any atom is -0.383 e. The predicted molar refractivity (Wildman–Crippen MR) is 87.4 cm³/mol. The molecule has 108 valence electrons. The molecular weight excluding hydrogens is 286 g/mol. The number of rotatable bonds is 1. The minimum absolute atomic E-state index is 0.131. The van der Waals surface area contributed by atoms with Crippen molar-refractivity contribution in [1.29, 1.82) is 0 Å². The second-order valence-corrected chi connectivity index (χ2v) is 5.32. The van der Waals surface area contributed by atoms with Gasteiger partial charge in [0.15, 0.2) is 0 Å². The molecule has 1 heterocycles. The molecule has 2 aromatic carbocycles. The lowest BCUT2D eigenvalue weighted by atomic mass is 10.2. The topological polar surface area (TPSA) is 44.4 Å². The van der Waals surface area contributed by atoms with E-state index in [-0.39, 0.29) is 6.03 Å². The van der Waals surface area contributed by atoms with Crippen LogP contribution in [0.1, 0.15) is 6.42 Å². The summed E-state index contributed by atoms with van der Waals surface area (Å²) in [4.78, 5) is 14.3. The van der Waals surface area contributed by atoms with Crippen molar-refractivity contribution >= 4 is 34.7 Å². The summed E-state index contributed by atoms with van der Waals surface area (Å²) < 4.78 is 0. The molecule has 3 rings (SSSR count). The normalized spacial score (nSPS) is 13.9. The lowest BCUT2D eigenvalue weighted by Gasteiger charge is -2.22. The summed E-state index contributed by atoms with van der Waals surface area (Å²) in [5.41, 5.74) is 2.63. The Balaban J connectivity index is 1.82. The highest BCUT2D eigenvalue weighted by Gasteiger charge is 2.20. The molecule has 0 atom stereocenters. The standard InChI is InChI=1S/C16H16ClN3O/c17-12-6-8-13(9-7-12)19-16(21)20-11-3-10-18-14-4-1-2-5-15(14)20/h1-2,4-9,18H,3,10-11H2,(H,19,21). The van der Waals surface area contributed by atoms with Crippen molar-refractivity contribution in [2.45, 2.75) is 6.42 Å². The molecule has 0 bridgehead atoms. The smallest absolute Gasteiger partial charge is 0.326 e. The Hall–Kier alpha value is -2.20. The monoisotopic (exact) mass is 301 g/mol. The Kier molecular flexibility index (Phi) is 3.97. The number of carbonyl (C=O) groups is 1. The van der Waals surface area contributed by atoms with Gasteiger partial charge in [-0.05, 0) is 42.8 Å². The first-order valence-electron chi connectivity index (χ1n) is 6.91. The van der Waals surface area contributed by atoms with Crippen LogP contribution in [0.4, 0.5) is 21.9 Å². The highest BCUT2D eigenvalue weighted by atomic mass is 35.5. The maximum atomic E-state index is 12.5. The van der Waals surface area contributed by atoms with Crippen LogP contribution in [0.3, 0.4) is 0 Å². The molecule has 1 aliphatic heterocycles. The molecule has 5 heteroatoms. The third-order valence-corrected chi connectivity index (χ3v) is 3.66. The maximum absolute atomic E-state index is 12.5. The third kappa shape index (κ3) is 3.11. The molecule has 0 saturated heterocycles. The Labute approximate surface area is 128 Å². The minimum atomic E-state index is -0.131. The van der Waals surface area contributed by atoms with Crippen molar-refractivity contribution in [3.8, 4) is 0 Å². The van der Waals surface area contributed by atoms with E-state index in [0.29, 0.717) is 11.6 Å². The van der Waals surface area contributed by atoms with Gasteiger partial charge < -0.3 is 10.6 Å². The van der Waals surface area contributed by atoms with Crippen LogP contribution in [0.15, 0.2) is 48.5 Å². The SMILES string of the molecule is O=C(Nc1ccc(Cl)cc1)N1CCCNc2ccccc21. The fourth-order valence-corrected chi connectivity index (χ4v) is 2.50. The van der Waals surface area contributed by atoms with E-state index in [1.54, 1.807) is 29.2 Å². The number of benzene rings is 2. The Morgan fingerprint density at radius 1 is 1.14 bits per heavy atom. The Bertz CT molecular complexity index is 642. The third-order valence-electron chi connectivity index (χ3n) is 3.41. The van der Waals surface area contributed by atoms with E-state index in [2.05, 4.69) is 10.6 Å². The van der Waals surface area contributed by atoms with Crippen molar-refractivity contribution in [1.82, 2.24) is 0 Å². The summed E-state index contributed by atoms with van der Waals surface area (Å²) in [7, 11) is 0. The van der Waals surface area contributed by atoms with Gasteiger partial charge in [0.2, 0.25) is 0 Å². The zero-order valence-corrected chi connectivity index (χ0v) is 12.2. The first-order chi connectivity index (χ1) is 10.2. The van der Waals surface area contributed by atoms with Crippen LogP contribution >= 0.6 is 11.6 Å². The van der Waals surface area contributed by atoms with Gasteiger partial charge in [0.1, 0.15) is 0 Å². The number of anilines is 3. The zero-order chi connectivity index (χ0) is 14.7. The molecule has 0 fully saturated rings. The van der Waals surface area contributed by atoms with Crippen molar-refractivity contribution < 1.29 is 4.79 Å². The second kappa shape index (κ2) is 6.06. The lowest BCUT2D eigenvalue weighted by molar-refractivity contribution is 0.257. The predicted octanol–water partition coefficient (Wildman–Crippen LogP) is 4.19. The van der Waals surface area contributed by atoms with Crippen LogP contribution in [0.25, 0.3) is 0 Å². The van der Waals surface area contributed by atoms with Crippen molar-refractivity contribution in [3.05, 3.63) is 53.6 Å². The van der Waals surface area contributed by atoms with Crippen LogP contribution < -0.4 is 15.5 Å². The van der Waals surface area contributed by atoms with Gasteiger partial charge in [0.05, 0.1) is 11.4 Å². The van der Waals surface area contributed by atoms with Crippen molar-refractivity contribution in [2.75, 3.05) is 28.6 Å². The number of urea groups is 1. The molecule has 0 spiro atoms. The molecule has 2 aromatic rings. The Morgan fingerprint density at radius 2 is 1.90 bits per heavy atom. The number of amides is 2. The van der Waals surface area contributed by atoms with Gasteiger partial charge in [-0.2, -0.15) is 0 Å². The number of nitrogens with one attached hydrogen (secondary N) is 2. The number of hydrogen-bond donors (Lipinski definition) is 2. The van der Waals surface area contributed by atoms with E-state index in [1.807, 2.05) is 24.3 Å². The number of nitrogens with zero attached hydrogens (tertiary/aromatic N) is 1. The molecule has 0 saturated carbocycles. The van der Waals surface area contributed by atoms with Gasteiger partial charge in [-0.1, -0.05) is 23.7 Å². The van der Waals surface area contributed by atoms with Crippen molar-refractivity contribution in [2.24, 2.45) is 0 Å². The number of hydrogen-bond acceptors (Lipinski definition) is 2. The van der Waals surface area contributed by atoms with Gasteiger partial charge in [-0.25, -0.2) is 4.79 Å². The van der Waals surface area contributed by atoms with E-state index in [1.165, 1.54) is 0 Å². The van der Waals surface area contributed by atoms with Crippen LogP contribution in [0.5, 0.6) is 0 Å². The molecule has 2 amide bonds. The van der Waals surface area contributed by atoms with Crippen LogP contribution in [-0.4, -0.2) is 19.1 Å². The molecule has 2 N–H and O–H groups in total. The van der Waals surface area contributed by atoms with E-state index in [0.717, 1.165) is 30.0 Å². The molecule has 0 aromatic heterocycles. The molecular formula is C16H16ClN3O. The summed E-state index contributed by atoms with van der Waals surface area (Å²) in [5, 5.41) is 6.90. The Morgan fingerprint density at radius 3 is 2.71 bits per heavy atom. The molecule has 0 unspecified atom stereocenters. The fourth-order valence-electron chi connectivity index (χ4n) is 2.37. The van der Waals surface area contributed by atoms with Gasteiger partial charge in [0.25, 0.3) is 0 Å². The van der Waals surface area contributed by atoms with Gasteiger partial charge >= 0.3 is 6.03 Å². The lowest BCUT2D eigenvalue weighted by Crippen LogP contribution is -2.35. The number of carbonyl (C=O) groups excluding carboxylic acids is 1. The summed E-state index contributed by atoms with van der Waals surface area (Å²) in [6.45, 7) is 1.55.